The zero-order valence-electron chi connectivity index (χ0n) is 10.7. The van der Waals surface area contributed by atoms with E-state index < -0.39 is 33.6 Å². The largest absolute Gasteiger partial charge is 0.392 e. The Kier molecular flexibility index (Phi) is 4.07. The van der Waals surface area contributed by atoms with Gasteiger partial charge in [-0.25, -0.2) is 4.39 Å². The molecular weight excluding hydrogens is 283 g/mol. The zero-order chi connectivity index (χ0) is 15.4. The topological polar surface area (TPSA) is 129 Å². The number of nitrogens with two attached hydrogens (primary N) is 1. The molecule has 3 N–H and O–H groups in total. The lowest BCUT2D eigenvalue weighted by Crippen LogP contribution is -2.29. The molecule has 0 spiro atoms. The van der Waals surface area contributed by atoms with Crippen LogP contribution in [0, 0.1) is 15.9 Å². The van der Waals surface area contributed by atoms with Crippen LogP contribution in [0.15, 0.2) is 24.5 Å². The van der Waals surface area contributed by atoms with Crippen molar-refractivity contribution in [2.75, 3.05) is 12.3 Å². The van der Waals surface area contributed by atoms with Gasteiger partial charge < -0.3 is 11.1 Å². The van der Waals surface area contributed by atoms with Crippen molar-refractivity contribution in [3.05, 3.63) is 46.0 Å². The van der Waals surface area contributed by atoms with Crippen molar-refractivity contribution in [1.29, 1.82) is 0 Å². The number of nitro benzene ring substituents is 1. The monoisotopic (exact) mass is 294 g/mol. The van der Waals surface area contributed by atoms with E-state index in [0.717, 1.165) is 12.1 Å². The second-order valence-corrected chi connectivity index (χ2v) is 4.03. The second kappa shape index (κ2) is 5.94. The normalized spacial score (nSPS) is 10.3. The summed E-state index contributed by atoms with van der Waals surface area (Å²) in [5.74, 6) is -1.75. The highest BCUT2D eigenvalue weighted by Crippen LogP contribution is 2.27. The minimum absolute atomic E-state index is 0.143. The summed E-state index contributed by atoms with van der Waals surface area (Å²) in [6.07, 6.45) is 3.06. The Balaban J connectivity index is 2.11. The number of rotatable bonds is 5. The van der Waals surface area contributed by atoms with Crippen LogP contribution in [0.3, 0.4) is 0 Å². The van der Waals surface area contributed by atoms with Crippen molar-refractivity contribution in [2.45, 2.75) is 6.54 Å². The van der Waals surface area contributed by atoms with Crippen molar-refractivity contribution >= 4 is 17.3 Å². The number of hydrogen-bond acceptors (Lipinski definition) is 6. The summed E-state index contributed by atoms with van der Waals surface area (Å²) >= 11 is 0. The number of aromatic nitrogens is 3. The number of nitro groups is 1. The SMILES string of the molecule is Nc1c([N+](=O)[O-])ccc(F)c1C(=O)NCCn1ccnn1. The number of hydrogen-bond donors (Lipinski definition) is 2. The molecule has 10 heteroatoms. The molecule has 1 heterocycles. The van der Waals surface area contributed by atoms with Gasteiger partial charge in [0.05, 0.1) is 17.7 Å². The third-order valence-electron chi connectivity index (χ3n) is 2.69. The van der Waals surface area contributed by atoms with Gasteiger partial charge in [-0.3, -0.25) is 19.6 Å². The van der Waals surface area contributed by atoms with Gasteiger partial charge in [0, 0.05) is 18.8 Å². The van der Waals surface area contributed by atoms with E-state index in [2.05, 4.69) is 15.6 Å². The number of nitrogens with one attached hydrogen (secondary N) is 1. The van der Waals surface area contributed by atoms with E-state index in [-0.39, 0.29) is 6.54 Å². The van der Waals surface area contributed by atoms with Crippen LogP contribution < -0.4 is 11.1 Å². The van der Waals surface area contributed by atoms with Crippen molar-refractivity contribution in [3.63, 3.8) is 0 Å². The van der Waals surface area contributed by atoms with E-state index in [0.29, 0.717) is 6.54 Å². The molecule has 21 heavy (non-hydrogen) atoms. The van der Waals surface area contributed by atoms with Gasteiger partial charge in [0.25, 0.3) is 11.6 Å². The molecule has 0 aliphatic rings. The number of halogens is 1. The van der Waals surface area contributed by atoms with Crippen LogP contribution >= 0.6 is 0 Å². The summed E-state index contributed by atoms with van der Waals surface area (Å²) in [5, 5.41) is 20.4. The van der Waals surface area contributed by atoms with Gasteiger partial charge in [0.2, 0.25) is 0 Å². The van der Waals surface area contributed by atoms with Gasteiger partial charge in [-0.2, -0.15) is 0 Å². The van der Waals surface area contributed by atoms with E-state index in [1.807, 2.05) is 0 Å². The number of benzene rings is 1. The summed E-state index contributed by atoms with van der Waals surface area (Å²) in [5.41, 5.74) is 3.93. The third kappa shape index (κ3) is 3.11. The highest BCUT2D eigenvalue weighted by molar-refractivity contribution is 6.01. The molecule has 1 aromatic heterocycles. The Labute approximate surface area is 117 Å². The highest BCUT2D eigenvalue weighted by Gasteiger charge is 2.23. The first-order valence-electron chi connectivity index (χ1n) is 5.85. The predicted octanol–water partition coefficient (Wildman–Crippen LogP) is 0.338. The van der Waals surface area contributed by atoms with E-state index in [4.69, 9.17) is 5.73 Å². The Hall–Kier alpha value is -3.04. The Bertz CT molecular complexity index is 673. The highest BCUT2D eigenvalue weighted by atomic mass is 19.1. The predicted molar refractivity (Wildman–Crippen MR) is 69.8 cm³/mol. The average molecular weight is 294 g/mol. The Morgan fingerprint density at radius 3 is 2.90 bits per heavy atom. The van der Waals surface area contributed by atoms with Crippen LogP contribution in [0.4, 0.5) is 15.8 Å². The first-order valence-corrected chi connectivity index (χ1v) is 5.85. The standard InChI is InChI=1S/C11H11FN6O3/c12-7-1-2-8(18(20)21)10(13)9(7)11(19)14-3-5-17-6-4-15-16-17/h1-2,4,6H,3,5,13H2,(H,14,19). The molecule has 0 saturated carbocycles. The van der Waals surface area contributed by atoms with Crippen molar-refractivity contribution in [1.82, 2.24) is 20.3 Å². The summed E-state index contributed by atoms with van der Waals surface area (Å²) < 4.78 is 15.1. The first kappa shape index (κ1) is 14.4. The van der Waals surface area contributed by atoms with Gasteiger partial charge in [0.1, 0.15) is 17.1 Å². The average Bonchev–Trinajstić information content (AvgIpc) is 2.91. The maximum atomic E-state index is 13.7. The van der Waals surface area contributed by atoms with Crippen LogP contribution in [0.1, 0.15) is 10.4 Å². The van der Waals surface area contributed by atoms with Gasteiger partial charge >= 0.3 is 0 Å². The van der Waals surface area contributed by atoms with Crippen LogP contribution in [0.2, 0.25) is 0 Å². The molecule has 0 saturated heterocycles. The van der Waals surface area contributed by atoms with Crippen LogP contribution in [0.25, 0.3) is 0 Å². The minimum atomic E-state index is -0.920. The number of nitrogens with zero attached hydrogens (tertiary/aromatic N) is 4. The van der Waals surface area contributed by atoms with Crippen LogP contribution in [-0.4, -0.2) is 32.4 Å². The molecular formula is C11H11FN6O3. The molecule has 2 rings (SSSR count). The molecule has 1 aromatic carbocycles. The maximum Gasteiger partial charge on any atom is 0.293 e. The molecule has 0 atom stereocenters. The number of carbonyl (C=O) groups excluding carboxylic acids is 1. The fourth-order valence-electron chi connectivity index (χ4n) is 1.70. The summed E-state index contributed by atoms with van der Waals surface area (Å²) in [6.45, 7) is 0.464. The fraction of sp³-hybridized carbons (Fsp3) is 0.182. The van der Waals surface area contributed by atoms with Gasteiger partial charge in [-0.05, 0) is 6.07 Å². The number of nitrogen functional groups attached to an aromatic ring is 1. The second-order valence-electron chi connectivity index (χ2n) is 4.03. The lowest BCUT2D eigenvalue weighted by Gasteiger charge is -2.08. The number of anilines is 1. The third-order valence-corrected chi connectivity index (χ3v) is 2.69. The number of carbonyl (C=O) groups is 1. The van der Waals surface area contributed by atoms with Gasteiger partial charge in [-0.1, -0.05) is 5.21 Å². The fourth-order valence-corrected chi connectivity index (χ4v) is 1.70. The molecule has 0 aliphatic carbocycles. The van der Waals surface area contributed by atoms with Crippen LogP contribution in [0.5, 0.6) is 0 Å². The molecule has 110 valence electrons. The van der Waals surface area contributed by atoms with Crippen molar-refractivity contribution in [3.8, 4) is 0 Å². The van der Waals surface area contributed by atoms with Crippen LogP contribution in [-0.2, 0) is 6.54 Å². The van der Waals surface area contributed by atoms with Gasteiger partial charge in [0.15, 0.2) is 0 Å². The van der Waals surface area contributed by atoms with Crippen molar-refractivity contribution in [2.24, 2.45) is 0 Å². The van der Waals surface area contributed by atoms with Gasteiger partial charge in [-0.15, -0.1) is 5.10 Å². The van der Waals surface area contributed by atoms with E-state index in [9.17, 15) is 19.3 Å². The molecule has 9 nitrogen and oxygen atoms in total. The van der Waals surface area contributed by atoms with E-state index in [1.165, 1.54) is 10.9 Å². The molecule has 0 fully saturated rings. The quantitative estimate of drug-likeness (QED) is 0.464. The first-order chi connectivity index (χ1) is 10.0. The summed E-state index contributed by atoms with van der Waals surface area (Å²) in [7, 11) is 0. The molecule has 0 radical (unpaired) electrons. The molecule has 0 bridgehead atoms. The van der Waals surface area contributed by atoms with E-state index in [1.54, 1.807) is 6.20 Å². The van der Waals surface area contributed by atoms with E-state index >= 15 is 0 Å². The smallest absolute Gasteiger partial charge is 0.293 e. The van der Waals surface area contributed by atoms with Crippen molar-refractivity contribution < 1.29 is 14.1 Å². The minimum Gasteiger partial charge on any atom is -0.392 e. The zero-order valence-corrected chi connectivity index (χ0v) is 10.7. The summed E-state index contributed by atoms with van der Waals surface area (Å²) in [4.78, 5) is 21.8. The Morgan fingerprint density at radius 1 is 1.52 bits per heavy atom. The summed E-state index contributed by atoms with van der Waals surface area (Å²) in [6, 6.07) is 1.75. The Morgan fingerprint density at radius 2 is 2.29 bits per heavy atom. The molecule has 1 amide bonds. The molecule has 2 aromatic rings. The molecule has 0 unspecified atom stereocenters. The number of amides is 1. The lowest BCUT2D eigenvalue weighted by molar-refractivity contribution is -0.384. The lowest BCUT2D eigenvalue weighted by atomic mass is 10.1. The maximum absolute atomic E-state index is 13.7. The molecule has 0 aliphatic heterocycles.